The zero-order valence-electron chi connectivity index (χ0n) is 5.69. The highest BCUT2D eigenvalue weighted by Gasteiger charge is 1.97. The molecule has 0 bridgehead atoms. The van der Waals surface area contributed by atoms with Crippen LogP contribution in [0.2, 0.25) is 0 Å². The summed E-state index contributed by atoms with van der Waals surface area (Å²) in [6, 6.07) is 0. The minimum absolute atomic E-state index is 0.249. The largest absolute Gasteiger partial charge is 0.280 e. The van der Waals surface area contributed by atoms with Crippen LogP contribution in [0.4, 0.5) is 0 Å². The summed E-state index contributed by atoms with van der Waals surface area (Å²) in [6.07, 6.45) is 0. The fraction of sp³-hybridized carbons (Fsp3) is 0.833. The van der Waals surface area contributed by atoms with Crippen LogP contribution in [0, 0.1) is 5.92 Å². The third-order valence-electron chi connectivity index (χ3n) is 0.667. The average Bonchev–Trinajstić information content (AvgIpc) is 1.63. The van der Waals surface area contributed by atoms with Gasteiger partial charge in [0.15, 0.2) is 0 Å². The minimum atomic E-state index is -0.249. The van der Waals surface area contributed by atoms with E-state index in [0.29, 0.717) is 11.7 Å². The molecule has 0 aromatic carbocycles. The molecule has 54 valence electrons. The number of carbonyl (C=O) groups excluding carboxylic acids is 1. The van der Waals surface area contributed by atoms with E-state index in [-0.39, 0.29) is 5.24 Å². The third-order valence-corrected chi connectivity index (χ3v) is 2.33. The Kier molecular flexibility index (Phi) is 5.30. The first-order chi connectivity index (χ1) is 4.13. The number of carbonyl (C=O) groups is 1. The molecule has 0 heterocycles. The van der Waals surface area contributed by atoms with Crippen LogP contribution in [0.15, 0.2) is 0 Å². The predicted molar refractivity (Wildman–Crippen MR) is 43.0 cm³/mol. The molecule has 0 unspecified atom stereocenters. The molecule has 3 heteroatoms. The molecule has 0 saturated heterocycles. The van der Waals surface area contributed by atoms with Crippen LogP contribution in [-0.4, -0.2) is 16.7 Å². The summed E-state index contributed by atoms with van der Waals surface area (Å²) in [5.74, 6) is 2.10. The molecule has 0 radical (unpaired) electrons. The van der Waals surface area contributed by atoms with Crippen molar-refractivity contribution in [1.82, 2.24) is 0 Å². The van der Waals surface area contributed by atoms with Crippen LogP contribution >= 0.6 is 23.4 Å². The summed E-state index contributed by atoms with van der Waals surface area (Å²) in [7, 11) is 0. The smallest absolute Gasteiger partial charge is 0.231 e. The fourth-order valence-electron chi connectivity index (χ4n) is 0.375. The molecule has 1 nitrogen and oxygen atoms in total. The van der Waals surface area contributed by atoms with E-state index in [0.717, 1.165) is 5.75 Å². The Bertz CT molecular complexity index is 93.1. The molecular formula is C6H11ClOS. The van der Waals surface area contributed by atoms with Gasteiger partial charge in [-0.1, -0.05) is 13.8 Å². The standard InChI is InChI=1S/C6H11ClOS/c1-5(2)3-9-4-6(7)8/h5H,3-4H2,1-2H3. The maximum Gasteiger partial charge on any atom is 0.231 e. The Hall–Kier alpha value is 0.310. The van der Waals surface area contributed by atoms with Crippen molar-refractivity contribution < 1.29 is 4.79 Å². The van der Waals surface area contributed by atoms with Gasteiger partial charge in [-0.3, -0.25) is 4.79 Å². The van der Waals surface area contributed by atoms with Gasteiger partial charge in [0.2, 0.25) is 5.24 Å². The Balaban J connectivity index is 3.01. The molecule has 0 saturated carbocycles. The van der Waals surface area contributed by atoms with Gasteiger partial charge in [0, 0.05) is 0 Å². The number of hydrogen-bond donors (Lipinski definition) is 0. The minimum Gasteiger partial charge on any atom is -0.280 e. The first kappa shape index (κ1) is 9.31. The van der Waals surface area contributed by atoms with E-state index >= 15 is 0 Å². The first-order valence-electron chi connectivity index (χ1n) is 2.89. The van der Waals surface area contributed by atoms with E-state index < -0.39 is 0 Å². The van der Waals surface area contributed by atoms with E-state index in [1.807, 2.05) is 0 Å². The lowest BCUT2D eigenvalue weighted by atomic mass is 10.3. The molecule has 0 amide bonds. The monoisotopic (exact) mass is 166 g/mol. The topological polar surface area (TPSA) is 17.1 Å². The van der Waals surface area contributed by atoms with Gasteiger partial charge in [0.05, 0.1) is 5.75 Å². The second-order valence-electron chi connectivity index (χ2n) is 2.26. The molecule has 0 aliphatic rings. The summed E-state index contributed by atoms with van der Waals surface area (Å²) < 4.78 is 0. The molecule has 0 N–H and O–H groups in total. The Morgan fingerprint density at radius 3 is 2.56 bits per heavy atom. The number of thioether (sulfide) groups is 1. The molecule has 0 spiro atoms. The summed E-state index contributed by atoms with van der Waals surface area (Å²) >= 11 is 6.69. The van der Waals surface area contributed by atoms with Crippen molar-refractivity contribution in [2.75, 3.05) is 11.5 Å². The van der Waals surface area contributed by atoms with Crippen molar-refractivity contribution in [2.24, 2.45) is 5.92 Å². The molecule has 0 aliphatic heterocycles. The van der Waals surface area contributed by atoms with Crippen molar-refractivity contribution in [3.05, 3.63) is 0 Å². The fourth-order valence-corrected chi connectivity index (χ4v) is 1.36. The highest BCUT2D eigenvalue weighted by atomic mass is 35.5. The lowest BCUT2D eigenvalue weighted by Crippen LogP contribution is -1.96. The third kappa shape index (κ3) is 8.31. The SMILES string of the molecule is CC(C)CSCC(=O)Cl. The molecule has 0 aromatic rings. The summed E-state index contributed by atoms with van der Waals surface area (Å²) in [5, 5.41) is -0.249. The van der Waals surface area contributed by atoms with Crippen molar-refractivity contribution >= 4 is 28.6 Å². The van der Waals surface area contributed by atoms with Crippen molar-refractivity contribution in [1.29, 1.82) is 0 Å². The zero-order chi connectivity index (χ0) is 7.28. The van der Waals surface area contributed by atoms with Gasteiger partial charge in [0.1, 0.15) is 0 Å². The van der Waals surface area contributed by atoms with Crippen LogP contribution in [0.25, 0.3) is 0 Å². The second kappa shape index (κ2) is 5.12. The summed E-state index contributed by atoms with van der Waals surface area (Å²) in [4.78, 5) is 10.2. The highest BCUT2D eigenvalue weighted by Crippen LogP contribution is 2.07. The van der Waals surface area contributed by atoms with E-state index in [2.05, 4.69) is 13.8 Å². The lowest BCUT2D eigenvalue weighted by Gasteiger charge is -1.99. The van der Waals surface area contributed by atoms with Gasteiger partial charge in [-0.15, -0.1) is 0 Å². The molecule has 0 rings (SSSR count). The van der Waals surface area contributed by atoms with Crippen molar-refractivity contribution in [3.8, 4) is 0 Å². The van der Waals surface area contributed by atoms with Gasteiger partial charge < -0.3 is 0 Å². The quantitative estimate of drug-likeness (QED) is 0.596. The first-order valence-corrected chi connectivity index (χ1v) is 4.42. The van der Waals surface area contributed by atoms with Gasteiger partial charge in [-0.25, -0.2) is 0 Å². The lowest BCUT2D eigenvalue weighted by molar-refractivity contribution is -0.109. The maximum absolute atomic E-state index is 10.2. The molecule has 0 atom stereocenters. The van der Waals surface area contributed by atoms with Crippen molar-refractivity contribution in [3.63, 3.8) is 0 Å². The molecule has 0 fully saturated rings. The molecule has 0 aromatic heterocycles. The highest BCUT2D eigenvalue weighted by molar-refractivity contribution is 8.00. The number of rotatable bonds is 4. The zero-order valence-corrected chi connectivity index (χ0v) is 7.26. The maximum atomic E-state index is 10.2. The van der Waals surface area contributed by atoms with Crippen LogP contribution in [-0.2, 0) is 4.79 Å². The van der Waals surface area contributed by atoms with Gasteiger partial charge in [-0.05, 0) is 23.3 Å². The average molecular weight is 167 g/mol. The molecular weight excluding hydrogens is 156 g/mol. The van der Waals surface area contributed by atoms with E-state index in [9.17, 15) is 4.79 Å². The van der Waals surface area contributed by atoms with Crippen LogP contribution in [0.3, 0.4) is 0 Å². The molecule has 9 heavy (non-hydrogen) atoms. The van der Waals surface area contributed by atoms with E-state index in [1.165, 1.54) is 0 Å². The Morgan fingerprint density at radius 1 is 1.67 bits per heavy atom. The second-order valence-corrected chi connectivity index (χ2v) is 3.72. The Labute approximate surface area is 65.2 Å². The van der Waals surface area contributed by atoms with Gasteiger partial charge in [0.25, 0.3) is 0 Å². The normalized spacial score (nSPS) is 10.2. The van der Waals surface area contributed by atoms with Crippen LogP contribution in [0.5, 0.6) is 0 Å². The predicted octanol–water partition coefficient (Wildman–Crippen LogP) is 2.14. The summed E-state index contributed by atoms with van der Waals surface area (Å²) in [5.41, 5.74) is 0. The van der Waals surface area contributed by atoms with Crippen molar-refractivity contribution in [2.45, 2.75) is 13.8 Å². The summed E-state index contributed by atoms with van der Waals surface area (Å²) in [6.45, 7) is 4.23. The molecule has 0 aliphatic carbocycles. The number of hydrogen-bond acceptors (Lipinski definition) is 2. The number of halogens is 1. The van der Waals surface area contributed by atoms with E-state index in [4.69, 9.17) is 11.6 Å². The van der Waals surface area contributed by atoms with Crippen LogP contribution < -0.4 is 0 Å². The van der Waals surface area contributed by atoms with Gasteiger partial charge in [-0.2, -0.15) is 11.8 Å². The van der Waals surface area contributed by atoms with Crippen LogP contribution in [0.1, 0.15) is 13.8 Å². The van der Waals surface area contributed by atoms with Gasteiger partial charge >= 0.3 is 0 Å². The van der Waals surface area contributed by atoms with E-state index in [1.54, 1.807) is 11.8 Å². The Morgan fingerprint density at radius 2 is 2.22 bits per heavy atom.